The highest BCUT2D eigenvalue weighted by Crippen LogP contribution is 2.33. The molecule has 0 aliphatic heterocycles. The van der Waals surface area contributed by atoms with Crippen molar-refractivity contribution in [1.82, 2.24) is 15.2 Å². The van der Waals surface area contributed by atoms with Gasteiger partial charge in [-0.2, -0.15) is 18.3 Å². The molecule has 6 heteroatoms. The smallest absolute Gasteiger partial charge is 0.273 e. The Balaban J connectivity index is 2.50. The number of halogens is 3. The Kier molecular flexibility index (Phi) is 2.41. The zero-order valence-corrected chi connectivity index (χ0v) is 8.34. The zero-order chi connectivity index (χ0) is 11.8. The Labute approximate surface area is 89.3 Å². The fraction of sp³-hybridized carbons (Fsp3) is 0.200. The van der Waals surface area contributed by atoms with Crippen LogP contribution in [-0.2, 0) is 6.18 Å². The van der Waals surface area contributed by atoms with E-state index in [1.165, 1.54) is 13.1 Å². The molecule has 2 aromatic rings. The van der Waals surface area contributed by atoms with Gasteiger partial charge in [-0.25, -0.2) is 0 Å². The molecule has 0 atom stereocenters. The van der Waals surface area contributed by atoms with Crippen molar-refractivity contribution in [2.24, 2.45) is 0 Å². The van der Waals surface area contributed by atoms with Crippen molar-refractivity contribution in [2.75, 3.05) is 0 Å². The Hall–Kier alpha value is -1.85. The van der Waals surface area contributed by atoms with Crippen molar-refractivity contribution in [3.63, 3.8) is 0 Å². The molecule has 0 radical (unpaired) electrons. The second kappa shape index (κ2) is 3.62. The van der Waals surface area contributed by atoms with Crippen LogP contribution in [0.5, 0.6) is 0 Å². The van der Waals surface area contributed by atoms with Gasteiger partial charge in [0.2, 0.25) is 0 Å². The Morgan fingerprint density at radius 1 is 1.25 bits per heavy atom. The Morgan fingerprint density at radius 2 is 2.00 bits per heavy atom. The van der Waals surface area contributed by atoms with Crippen molar-refractivity contribution in [3.05, 3.63) is 35.7 Å². The number of nitrogens with one attached hydrogen (secondary N) is 1. The monoisotopic (exact) mass is 227 g/mol. The number of hydrogen-bond acceptors (Lipinski definition) is 2. The number of pyridine rings is 1. The largest absolute Gasteiger partial charge is 0.433 e. The minimum atomic E-state index is -4.41. The van der Waals surface area contributed by atoms with Crippen molar-refractivity contribution in [2.45, 2.75) is 13.1 Å². The molecule has 1 N–H and O–H groups in total. The van der Waals surface area contributed by atoms with E-state index in [1.807, 2.05) is 5.10 Å². The van der Waals surface area contributed by atoms with E-state index < -0.39 is 11.9 Å². The molecular weight excluding hydrogens is 219 g/mol. The number of aromatic nitrogens is 3. The van der Waals surface area contributed by atoms with Crippen LogP contribution in [-0.4, -0.2) is 15.2 Å². The summed E-state index contributed by atoms with van der Waals surface area (Å²) in [6, 6.07) is 5.00. The third-order valence-corrected chi connectivity index (χ3v) is 2.20. The van der Waals surface area contributed by atoms with Crippen LogP contribution in [0.2, 0.25) is 0 Å². The molecule has 2 aromatic heterocycles. The Bertz CT molecular complexity index is 488. The first-order chi connectivity index (χ1) is 7.50. The number of H-pyrrole nitrogens is 1. The van der Waals surface area contributed by atoms with E-state index in [0.717, 1.165) is 0 Å². The van der Waals surface area contributed by atoms with Crippen LogP contribution in [0.25, 0.3) is 11.4 Å². The quantitative estimate of drug-likeness (QED) is 0.813. The molecule has 0 aliphatic carbocycles. The summed E-state index contributed by atoms with van der Waals surface area (Å²) in [7, 11) is 0. The molecule has 0 spiro atoms. The van der Waals surface area contributed by atoms with Crippen molar-refractivity contribution >= 4 is 0 Å². The van der Waals surface area contributed by atoms with Crippen molar-refractivity contribution < 1.29 is 13.2 Å². The topological polar surface area (TPSA) is 41.6 Å². The molecule has 16 heavy (non-hydrogen) atoms. The average molecular weight is 227 g/mol. The first kappa shape index (κ1) is 10.7. The molecule has 0 aromatic carbocycles. The molecule has 84 valence electrons. The lowest BCUT2D eigenvalue weighted by molar-refractivity contribution is -0.141. The lowest BCUT2D eigenvalue weighted by atomic mass is 10.1. The van der Waals surface area contributed by atoms with E-state index in [9.17, 15) is 13.2 Å². The fourth-order valence-electron chi connectivity index (χ4n) is 1.43. The number of alkyl halides is 3. The van der Waals surface area contributed by atoms with Gasteiger partial charge >= 0.3 is 6.18 Å². The summed E-state index contributed by atoms with van der Waals surface area (Å²) >= 11 is 0. The first-order valence-corrected chi connectivity index (χ1v) is 4.53. The van der Waals surface area contributed by atoms with E-state index in [4.69, 9.17) is 0 Å². The molecule has 0 amide bonds. The van der Waals surface area contributed by atoms with Gasteiger partial charge in [0.25, 0.3) is 0 Å². The van der Waals surface area contributed by atoms with Gasteiger partial charge in [0.05, 0.1) is 5.69 Å². The summed E-state index contributed by atoms with van der Waals surface area (Å²) < 4.78 is 37.5. The van der Waals surface area contributed by atoms with Crippen molar-refractivity contribution in [1.29, 1.82) is 0 Å². The van der Waals surface area contributed by atoms with E-state index in [1.54, 1.807) is 18.2 Å². The van der Waals surface area contributed by atoms with E-state index in [-0.39, 0.29) is 11.3 Å². The average Bonchev–Trinajstić information content (AvgIpc) is 2.61. The van der Waals surface area contributed by atoms with Crippen LogP contribution in [0.1, 0.15) is 11.3 Å². The van der Waals surface area contributed by atoms with Gasteiger partial charge in [0, 0.05) is 11.8 Å². The molecule has 0 aliphatic rings. The predicted molar refractivity (Wildman–Crippen MR) is 51.6 cm³/mol. The van der Waals surface area contributed by atoms with Gasteiger partial charge in [-0.1, -0.05) is 6.07 Å². The van der Waals surface area contributed by atoms with E-state index in [0.29, 0.717) is 5.69 Å². The van der Waals surface area contributed by atoms with Gasteiger partial charge in [-0.15, -0.1) is 0 Å². The SMILES string of the molecule is Cc1c(-c2ccccn2)n[nH]c1C(F)(F)F. The van der Waals surface area contributed by atoms with Gasteiger partial charge in [-0.3, -0.25) is 10.1 Å². The summed E-state index contributed by atoms with van der Waals surface area (Å²) in [5.74, 6) is 0. The van der Waals surface area contributed by atoms with Crippen molar-refractivity contribution in [3.8, 4) is 11.4 Å². The molecule has 0 saturated carbocycles. The van der Waals surface area contributed by atoms with Gasteiger partial charge in [0.15, 0.2) is 0 Å². The van der Waals surface area contributed by atoms with Gasteiger partial charge in [0.1, 0.15) is 11.4 Å². The molecule has 0 saturated heterocycles. The van der Waals surface area contributed by atoms with Crippen LogP contribution < -0.4 is 0 Å². The molecular formula is C10H8F3N3. The second-order valence-corrected chi connectivity index (χ2v) is 3.28. The highest BCUT2D eigenvalue weighted by atomic mass is 19.4. The Morgan fingerprint density at radius 3 is 2.50 bits per heavy atom. The predicted octanol–water partition coefficient (Wildman–Crippen LogP) is 2.80. The number of hydrogen-bond donors (Lipinski definition) is 1. The van der Waals surface area contributed by atoms with Gasteiger partial charge < -0.3 is 0 Å². The molecule has 0 fully saturated rings. The summed E-state index contributed by atoms with van der Waals surface area (Å²) in [5, 5.41) is 5.64. The lowest BCUT2D eigenvalue weighted by Crippen LogP contribution is -2.07. The summed E-state index contributed by atoms with van der Waals surface area (Å²) in [6.07, 6.45) is -2.90. The lowest BCUT2D eigenvalue weighted by Gasteiger charge is -2.04. The summed E-state index contributed by atoms with van der Waals surface area (Å²) in [4.78, 5) is 3.96. The maximum Gasteiger partial charge on any atom is 0.433 e. The summed E-state index contributed by atoms with van der Waals surface area (Å²) in [6.45, 7) is 1.37. The maximum atomic E-state index is 12.5. The van der Waals surface area contributed by atoms with Crippen LogP contribution in [0, 0.1) is 6.92 Å². The third-order valence-electron chi connectivity index (χ3n) is 2.20. The molecule has 0 unspecified atom stereocenters. The van der Waals surface area contributed by atoms with Crippen LogP contribution in [0.4, 0.5) is 13.2 Å². The minimum absolute atomic E-state index is 0.0613. The zero-order valence-electron chi connectivity index (χ0n) is 8.34. The number of aromatic amines is 1. The number of nitrogens with zero attached hydrogens (tertiary/aromatic N) is 2. The maximum absolute atomic E-state index is 12.5. The molecule has 3 nitrogen and oxygen atoms in total. The second-order valence-electron chi connectivity index (χ2n) is 3.28. The van der Waals surface area contributed by atoms with Crippen LogP contribution in [0.3, 0.4) is 0 Å². The van der Waals surface area contributed by atoms with E-state index in [2.05, 4.69) is 10.1 Å². The fourth-order valence-corrected chi connectivity index (χ4v) is 1.43. The van der Waals surface area contributed by atoms with Gasteiger partial charge in [-0.05, 0) is 19.1 Å². The minimum Gasteiger partial charge on any atom is -0.273 e. The normalized spacial score (nSPS) is 11.8. The molecule has 2 heterocycles. The first-order valence-electron chi connectivity index (χ1n) is 4.53. The standard InChI is InChI=1S/C10H8F3N3/c1-6-8(7-4-2-3-5-14-7)15-16-9(6)10(11,12)13/h2-5H,1H3,(H,15,16). The van der Waals surface area contributed by atoms with Crippen LogP contribution >= 0.6 is 0 Å². The highest BCUT2D eigenvalue weighted by molar-refractivity contribution is 5.59. The molecule has 2 rings (SSSR count). The molecule has 0 bridgehead atoms. The number of rotatable bonds is 1. The van der Waals surface area contributed by atoms with Crippen LogP contribution in [0.15, 0.2) is 24.4 Å². The highest BCUT2D eigenvalue weighted by Gasteiger charge is 2.36. The summed E-state index contributed by atoms with van der Waals surface area (Å²) in [5.41, 5.74) is -0.112. The van der Waals surface area contributed by atoms with E-state index >= 15 is 0 Å². The third kappa shape index (κ3) is 1.78.